The number of carboxylic acid groups (broad SMARTS) is 1. The summed E-state index contributed by atoms with van der Waals surface area (Å²) in [5.74, 6) is -1.25. The fourth-order valence-electron chi connectivity index (χ4n) is 2.44. The van der Waals surface area contributed by atoms with Gasteiger partial charge in [-0.1, -0.05) is 18.3 Å². The molecule has 3 N–H and O–H groups in total. The molecular weight excluding hydrogens is 402 g/mol. The molecule has 0 atom stereocenters. The minimum Gasteiger partial charge on any atom is -0.478 e. The maximum Gasteiger partial charge on any atom is 0.335 e. The monoisotopic (exact) mass is 419 g/mol. The van der Waals surface area contributed by atoms with E-state index in [4.69, 9.17) is 5.11 Å². The summed E-state index contributed by atoms with van der Waals surface area (Å²) in [4.78, 5) is 26.8. The fraction of sp³-hybridized carbons (Fsp3) is 0.167. The molecule has 0 unspecified atom stereocenters. The lowest BCUT2D eigenvalue weighted by molar-refractivity contribution is -0.116. The van der Waals surface area contributed by atoms with Crippen molar-refractivity contribution in [3.63, 3.8) is 0 Å². The molecule has 1 heterocycles. The molecule has 0 aliphatic rings. The van der Waals surface area contributed by atoms with Crippen LogP contribution in [0.5, 0.6) is 0 Å². The lowest BCUT2D eigenvalue weighted by atomic mass is 10.2. The zero-order valence-corrected chi connectivity index (χ0v) is 16.4. The molecule has 0 bridgehead atoms. The molecule has 0 fully saturated rings. The van der Waals surface area contributed by atoms with Crippen LogP contribution in [0.1, 0.15) is 30.1 Å². The number of fused-ring (bicyclic) bond motifs is 1. The van der Waals surface area contributed by atoms with Crippen LogP contribution in [0.2, 0.25) is 0 Å². The zero-order valence-electron chi connectivity index (χ0n) is 14.8. The molecule has 10 heteroatoms. The number of benzene rings is 2. The number of carboxylic acids is 1. The lowest BCUT2D eigenvalue weighted by Crippen LogP contribution is -2.13. The van der Waals surface area contributed by atoms with Crippen LogP contribution in [-0.4, -0.2) is 30.4 Å². The third-order valence-electron chi connectivity index (χ3n) is 3.78. The minimum atomic E-state index is -3.87. The summed E-state index contributed by atoms with van der Waals surface area (Å²) in [5.41, 5.74) is 0.984. The molecule has 8 nitrogen and oxygen atoms in total. The van der Waals surface area contributed by atoms with Crippen LogP contribution in [0, 0.1) is 0 Å². The van der Waals surface area contributed by atoms with Gasteiger partial charge in [-0.2, -0.15) is 0 Å². The predicted octanol–water partition coefficient (Wildman–Crippen LogP) is 3.53. The molecule has 0 saturated heterocycles. The summed E-state index contributed by atoms with van der Waals surface area (Å²) in [6.45, 7) is 1.91. The van der Waals surface area contributed by atoms with Gasteiger partial charge in [0, 0.05) is 6.42 Å². The van der Waals surface area contributed by atoms with Crippen LogP contribution >= 0.6 is 11.3 Å². The number of amides is 1. The van der Waals surface area contributed by atoms with Gasteiger partial charge >= 0.3 is 5.97 Å². The topological polar surface area (TPSA) is 125 Å². The van der Waals surface area contributed by atoms with Gasteiger partial charge in [0.05, 0.1) is 26.4 Å². The standard InChI is InChI=1S/C18H17N3O5S2/c1-2-3-16(22)20-18-19-14-9-6-12(10-15(14)27-18)21-28(25,26)13-7-4-11(5-8-13)17(23)24/h4-10,21H,2-3H2,1H3,(H,23,24)(H,19,20,22). The largest absolute Gasteiger partial charge is 0.478 e. The van der Waals surface area contributed by atoms with Crippen molar-refractivity contribution in [2.75, 3.05) is 10.0 Å². The van der Waals surface area contributed by atoms with Gasteiger partial charge in [0.1, 0.15) is 0 Å². The highest BCUT2D eigenvalue weighted by atomic mass is 32.2. The molecule has 3 aromatic rings. The summed E-state index contributed by atoms with van der Waals surface area (Å²) >= 11 is 1.25. The Labute approximate surface area is 165 Å². The van der Waals surface area contributed by atoms with E-state index in [0.717, 1.165) is 6.42 Å². The van der Waals surface area contributed by atoms with Gasteiger partial charge in [-0.25, -0.2) is 18.2 Å². The SMILES string of the molecule is CCCC(=O)Nc1nc2ccc(NS(=O)(=O)c3ccc(C(=O)O)cc3)cc2s1. The van der Waals surface area contributed by atoms with Crippen LogP contribution in [0.4, 0.5) is 10.8 Å². The first-order valence-electron chi connectivity index (χ1n) is 8.35. The van der Waals surface area contributed by atoms with Crippen molar-refractivity contribution in [2.24, 2.45) is 0 Å². The van der Waals surface area contributed by atoms with E-state index < -0.39 is 16.0 Å². The van der Waals surface area contributed by atoms with Crippen molar-refractivity contribution < 1.29 is 23.1 Å². The highest BCUT2D eigenvalue weighted by Gasteiger charge is 2.16. The first-order chi connectivity index (χ1) is 13.3. The highest BCUT2D eigenvalue weighted by molar-refractivity contribution is 7.92. The minimum absolute atomic E-state index is 0.00248. The number of anilines is 2. The van der Waals surface area contributed by atoms with E-state index in [-0.39, 0.29) is 16.4 Å². The van der Waals surface area contributed by atoms with Gasteiger partial charge in [-0.05, 0) is 48.9 Å². The normalized spacial score (nSPS) is 11.3. The first-order valence-corrected chi connectivity index (χ1v) is 10.6. The molecular formula is C18H17N3O5S2. The van der Waals surface area contributed by atoms with E-state index in [1.54, 1.807) is 18.2 Å². The Bertz CT molecular complexity index is 1140. The predicted molar refractivity (Wildman–Crippen MR) is 107 cm³/mol. The summed E-state index contributed by atoms with van der Waals surface area (Å²) < 4.78 is 28.2. The summed E-state index contributed by atoms with van der Waals surface area (Å²) in [5, 5.41) is 12.1. The average Bonchev–Trinajstić information content (AvgIpc) is 3.03. The summed E-state index contributed by atoms with van der Waals surface area (Å²) in [7, 11) is -3.87. The molecule has 1 amide bonds. The molecule has 1 aromatic heterocycles. The smallest absolute Gasteiger partial charge is 0.335 e. The molecule has 0 aliphatic heterocycles. The molecule has 0 spiro atoms. The van der Waals surface area contributed by atoms with E-state index in [1.807, 2.05) is 6.92 Å². The van der Waals surface area contributed by atoms with E-state index in [1.165, 1.54) is 35.6 Å². The van der Waals surface area contributed by atoms with Gasteiger partial charge in [0.25, 0.3) is 10.0 Å². The second-order valence-corrected chi connectivity index (χ2v) is 8.65. The number of hydrogen-bond donors (Lipinski definition) is 3. The Balaban J connectivity index is 1.81. The maximum atomic E-state index is 12.5. The van der Waals surface area contributed by atoms with Crippen LogP contribution in [0.15, 0.2) is 47.4 Å². The van der Waals surface area contributed by atoms with E-state index in [0.29, 0.717) is 27.5 Å². The number of nitrogens with one attached hydrogen (secondary N) is 2. The van der Waals surface area contributed by atoms with Gasteiger partial charge < -0.3 is 10.4 Å². The van der Waals surface area contributed by atoms with Crippen molar-refractivity contribution in [1.29, 1.82) is 0 Å². The van der Waals surface area contributed by atoms with E-state index in [2.05, 4.69) is 15.0 Å². The van der Waals surface area contributed by atoms with Crippen LogP contribution in [-0.2, 0) is 14.8 Å². The molecule has 0 aliphatic carbocycles. The second-order valence-electron chi connectivity index (χ2n) is 5.93. The zero-order chi connectivity index (χ0) is 20.3. The highest BCUT2D eigenvalue weighted by Crippen LogP contribution is 2.29. The van der Waals surface area contributed by atoms with E-state index in [9.17, 15) is 18.0 Å². The molecule has 2 aromatic carbocycles. The third kappa shape index (κ3) is 4.46. The number of nitrogens with zero attached hydrogens (tertiary/aromatic N) is 1. The number of hydrogen-bond acceptors (Lipinski definition) is 6. The number of sulfonamides is 1. The molecule has 3 rings (SSSR count). The van der Waals surface area contributed by atoms with Crippen molar-refractivity contribution in [3.8, 4) is 0 Å². The number of rotatable bonds is 7. The van der Waals surface area contributed by atoms with Gasteiger partial charge in [-0.15, -0.1) is 0 Å². The second kappa shape index (κ2) is 7.95. The van der Waals surface area contributed by atoms with Crippen LogP contribution in [0.3, 0.4) is 0 Å². The first kappa shape index (κ1) is 19.8. The molecule has 0 radical (unpaired) electrons. The Morgan fingerprint density at radius 3 is 2.50 bits per heavy atom. The van der Waals surface area contributed by atoms with Crippen LogP contribution in [0.25, 0.3) is 10.2 Å². The Kier molecular flexibility index (Phi) is 5.61. The van der Waals surface area contributed by atoms with E-state index >= 15 is 0 Å². The quantitative estimate of drug-likeness (QED) is 0.538. The maximum absolute atomic E-state index is 12.5. The van der Waals surface area contributed by atoms with Gasteiger partial charge in [-0.3, -0.25) is 9.52 Å². The molecule has 0 saturated carbocycles. The fourth-order valence-corrected chi connectivity index (χ4v) is 4.41. The van der Waals surface area contributed by atoms with Crippen molar-refractivity contribution in [1.82, 2.24) is 4.98 Å². The number of carbonyl (C=O) groups is 2. The van der Waals surface area contributed by atoms with Gasteiger partial charge in [0.15, 0.2) is 5.13 Å². The average molecular weight is 419 g/mol. The molecule has 28 heavy (non-hydrogen) atoms. The summed E-state index contributed by atoms with van der Waals surface area (Å²) in [6, 6.07) is 9.79. The number of thiazole rings is 1. The Morgan fingerprint density at radius 1 is 1.14 bits per heavy atom. The lowest BCUT2D eigenvalue weighted by Gasteiger charge is -2.08. The Morgan fingerprint density at radius 2 is 1.86 bits per heavy atom. The van der Waals surface area contributed by atoms with Crippen molar-refractivity contribution in [2.45, 2.75) is 24.7 Å². The van der Waals surface area contributed by atoms with Gasteiger partial charge in [0.2, 0.25) is 5.91 Å². The molecule has 146 valence electrons. The Hall–Kier alpha value is -2.98. The third-order valence-corrected chi connectivity index (χ3v) is 6.11. The number of carbonyl (C=O) groups excluding carboxylic acids is 1. The van der Waals surface area contributed by atoms with Crippen molar-refractivity contribution >= 4 is 54.3 Å². The number of aromatic carboxylic acids is 1. The van der Waals surface area contributed by atoms with Crippen molar-refractivity contribution in [3.05, 3.63) is 48.0 Å². The van der Waals surface area contributed by atoms with Crippen LogP contribution < -0.4 is 10.0 Å². The summed E-state index contributed by atoms with van der Waals surface area (Å²) in [6.07, 6.45) is 1.14. The number of aromatic nitrogens is 1.